The Kier molecular flexibility index (Phi) is 5.79. The molecule has 0 aliphatic rings. The molecule has 0 amide bonds. The third kappa shape index (κ3) is 3.87. The number of nitrogens with one attached hydrogen (secondary N) is 2. The van der Waals surface area contributed by atoms with Crippen LogP contribution < -0.4 is 5.32 Å². The van der Waals surface area contributed by atoms with E-state index in [-0.39, 0.29) is 0 Å². The number of thioether (sulfide) groups is 1. The number of hydrogen-bond acceptors (Lipinski definition) is 3. The van der Waals surface area contributed by atoms with Crippen molar-refractivity contribution in [3.8, 4) is 0 Å². The second kappa shape index (κ2) is 6.90. The van der Waals surface area contributed by atoms with Gasteiger partial charge in [0.1, 0.15) is 0 Å². The number of H-pyrrole nitrogens is 1. The Bertz CT molecular complexity index is 248. The first kappa shape index (κ1) is 12.6. The lowest BCUT2D eigenvalue weighted by molar-refractivity contribution is 0.489. The number of aromatic amines is 1. The molecule has 0 aliphatic carbocycles. The van der Waals surface area contributed by atoms with Crippen LogP contribution >= 0.6 is 11.8 Å². The van der Waals surface area contributed by atoms with Gasteiger partial charge in [-0.25, -0.2) is 4.98 Å². The second-order valence-corrected chi connectivity index (χ2v) is 4.87. The van der Waals surface area contributed by atoms with Gasteiger partial charge in [0.05, 0.1) is 0 Å². The highest BCUT2D eigenvalue weighted by Crippen LogP contribution is 2.26. The van der Waals surface area contributed by atoms with Crippen LogP contribution in [0.2, 0.25) is 0 Å². The van der Waals surface area contributed by atoms with E-state index in [1.807, 2.05) is 31.2 Å². The second-order valence-electron chi connectivity index (χ2n) is 3.64. The van der Waals surface area contributed by atoms with E-state index in [0.717, 1.165) is 11.6 Å². The molecule has 2 N–H and O–H groups in total. The number of nitrogens with zero attached hydrogens (tertiary/aromatic N) is 1. The molecule has 0 saturated heterocycles. The first-order chi connectivity index (χ1) is 7.31. The van der Waals surface area contributed by atoms with Gasteiger partial charge in [0.15, 0.2) is 5.16 Å². The minimum atomic E-state index is 0.579. The minimum absolute atomic E-state index is 0.579. The van der Waals surface area contributed by atoms with Crippen molar-refractivity contribution >= 4 is 11.8 Å². The Hall–Kier alpha value is -0.480. The van der Waals surface area contributed by atoms with Crippen molar-refractivity contribution in [3.05, 3.63) is 12.4 Å². The van der Waals surface area contributed by atoms with E-state index in [4.69, 9.17) is 0 Å². The van der Waals surface area contributed by atoms with Gasteiger partial charge in [-0.15, -0.1) is 0 Å². The summed E-state index contributed by atoms with van der Waals surface area (Å²) in [5.41, 5.74) is 0. The van der Waals surface area contributed by atoms with Crippen LogP contribution in [0.4, 0.5) is 0 Å². The summed E-state index contributed by atoms with van der Waals surface area (Å²) in [6.45, 7) is 4.47. The zero-order valence-corrected chi connectivity index (χ0v) is 10.6. The topological polar surface area (TPSA) is 40.7 Å². The molecule has 2 atom stereocenters. The van der Waals surface area contributed by atoms with Crippen molar-refractivity contribution in [1.82, 2.24) is 15.3 Å². The van der Waals surface area contributed by atoms with Gasteiger partial charge < -0.3 is 10.3 Å². The fourth-order valence-corrected chi connectivity index (χ4v) is 2.88. The average Bonchev–Trinajstić information content (AvgIpc) is 2.75. The predicted molar refractivity (Wildman–Crippen MR) is 66.3 cm³/mol. The highest BCUT2D eigenvalue weighted by molar-refractivity contribution is 7.99. The van der Waals surface area contributed by atoms with Gasteiger partial charge in [-0.1, -0.05) is 32.0 Å². The van der Waals surface area contributed by atoms with E-state index >= 15 is 0 Å². The van der Waals surface area contributed by atoms with Crippen LogP contribution in [0.3, 0.4) is 0 Å². The van der Waals surface area contributed by atoms with Crippen molar-refractivity contribution in [3.63, 3.8) is 0 Å². The molecule has 0 saturated carbocycles. The smallest absolute Gasteiger partial charge is 0.165 e. The maximum absolute atomic E-state index is 4.26. The number of hydrogen-bond donors (Lipinski definition) is 2. The molecule has 15 heavy (non-hydrogen) atoms. The van der Waals surface area contributed by atoms with E-state index in [0.29, 0.717) is 11.3 Å². The largest absolute Gasteiger partial charge is 0.340 e. The van der Waals surface area contributed by atoms with Crippen LogP contribution in [-0.4, -0.2) is 28.3 Å². The van der Waals surface area contributed by atoms with Crippen LogP contribution in [0, 0.1) is 0 Å². The van der Waals surface area contributed by atoms with Crippen molar-refractivity contribution in [1.29, 1.82) is 0 Å². The molecule has 1 aromatic rings. The average molecular weight is 227 g/mol. The summed E-state index contributed by atoms with van der Waals surface area (Å²) in [7, 11) is 2.05. The molecule has 0 fully saturated rings. The molecule has 0 bridgehead atoms. The lowest BCUT2D eigenvalue weighted by atomic mass is 10.1. The maximum Gasteiger partial charge on any atom is 0.165 e. The Morgan fingerprint density at radius 2 is 2.33 bits per heavy atom. The van der Waals surface area contributed by atoms with E-state index in [1.165, 1.54) is 12.8 Å². The Balaban J connectivity index is 2.53. The van der Waals surface area contributed by atoms with E-state index in [9.17, 15) is 0 Å². The quantitative estimate of drug-likeness (QED) is 0.704. The van der Waals surface area contributed by atoms with Crippen LogP contribution in [0.1, 0.15) is 33.1 Å². The standard InChI is InChI=1S/C11H21N3S/c1-4-6-9(12-3)10(5-2)15-11-13-7-8-14-11/h7-10,12H,4-6H2,1-3H3,(H,13,14). The third-order valence-corrected chi connectivity index (χ3v) is 3.97. The molecule has 1 heterocycles. The summed E-state index contributed by atoms with van der Waals surface area (Å²) in [6, 6.07) is 0.579. The van der Waals surface area contributed by atoms with Gasteiger partial charge in [0.25, 0.3) is 0 Å². The van der Waals surface area contributed by atoms with Crippen molar-refractivity contribution in [2.75, 3.05) is 7.05 Å². The molecule has 3 nitrogen and oxygen atoms in total. The van der Waals surface area contributed by atoms with Crippen molar-refractivity contribution in [2.24, 2.45) is 0 Å². The summed E-state index contributed by atoms with van der Waals surface area (Å²) in [5.74, 6) is 0. The maximum atomic E-state index is 4.26. The molecule has 1 aromatic heterocycles. The summed E-state index contributed by atoms with van der Waals surface area (Å²) in [4.78, 5) is 7.41. The summed E-state index contributed by atoms with van der Waals surface area (Å²) in [5, 5.41) is 5.03. The van der Waals surface area contributed by atoms with Gasteiger partial charge in [-0.3, -0.25) is 0 Å². The molecule has 1 rings (SSSR count). The van der Waals surface area contributed by atoms with E-state index < -0.39 is 0 Å². The normalized spacial score (nSPS) is 15.1. The first-order valence-corrected chi connectivity index (χ1v) is 6.53. The van der Waals surface area contributed by atoms with Gasteiger partial charge in [0, 0.05) is 23.7 Å². The molecule has 4 heteroatoms. The highest BCUT2D eigenvalue weighted by atomic mass is 32.2. The van der Waals surface area contributed by atoms with Crippen LogP contribution in [0.15, 0.2) is 17.6 Å². The SMILES string of the molecule is CCCC(NC)C(CC)Sc1ncc[nH]1. The lowest BCUT2D eigenvalue weighted by Gasteiger charge is -2.24. The fourth-order valence-electron chi connectivity index (χ4n) is 1.74. The molecular formula is C11H21N3S. The van der Waals surface area contributed by atoms with E-state index in [2.05, 4.69) is 29.1 Å². The summed E-state index contributed by atoms with van der Waals surface area (Å²) < 4.78 is 0. The van der Waals surface area contributed by atoms with Gasteiger partial charge in [-0.05, 0) is 19.9 Å². The summed E-state index contributed by atoms with van der Waals surface area (Å²) in [6.07, 6.45) is 7.30. The highest BCUT2D eigenvalue weighted by Gasteiger charge is 2.19. The van der Waals surface area contributed by atoms with Crippen molar-refractivity contribution < 1.29 is 0 Å². The number of aromatic nitrogens is 2. The molecule has 0 spiro atoms. The summed E-state index contributed by atoms with van der Waals surface area (Å²) >= 11 is 1.84. The monoisotopic (exact) mass is 227 g/mol. The zero-order valence-electron chi connectivity index (χ0n) is 9.79. The molecule has 0 radical (unpaired) electrons. The Morgan fingerprint density at radius 1 is 1.53 bits per heavy atom. The van der Waals surface area contributed by atoms with Crippen molar-refractivity contribution in [2.45, 2.75) is 49.6 Å². The Labute approximate surface area is 96.5 Å². The van der Waals surface area contributed by atoms with Crippen LogP contribution in [0.5, 0.6) is 0 Å². The Morgan fingerprint density at radius 3 is 2.80 bits per heavy atom. The first-order valence-electron chi connectivity index (χ1n) is 5.65. The fraction of sp³-hybridized carbons (Fsp3) is 0.727. The molecule has 86 valence electrons. The number of imidazole rings is 1. The van der Waals surface area contributed by atoms with Crippen LogP contribution in [0.25, 0.3) is 0 Å². The van der Waals surface area contributed by atoms with Gasteiger partial charge in [-0.2, -0.15) is 0 Å². The lowest BCUT2D eigenvalue weighted by Crippen LogP contribution is -2.35. The molecule has 2 unspecified atom stereocenters. The molecule has 0 aromatic carbocycles. The van der Waals surface area contributed by atoms with Gasteiger partial charge >= 0.3 is 0 Å². The third-order valence-electron chi connectivity index (χ3n) is 2.56. The van der Waals surface area contributed by atoms with Gasteiger partial charge in [0.2, 0.25) is 0 Å². The molecular weight excluding hydrogens is 206 g/mol. The van der Waals surface area contributed by atoms with Crippen LogP contribution in [-0.2, 0) is 0 Å². The molecule has 0 aliphatic heterocycles. The zero-order chi connectivity index (χ0) is 11.1. The number of rotatable bonds is 7. The predicted octanol–water partition coefficient (Wildman–Crippen LogP) is 2.67. The van der Waals surface area contributed by atoms with E-state index in [1.54, 1.807) is 0 Å². The minimum Gasteiger partial charge on any atom is -0.340 e.